The number of hydrogen-bond acceptors (Lipinski definition) is 2. The van der Waals surface area contributed by atoms with E-state index in [1.807, 2.05) is 48.5 Å². The van der Waals surface area contributed by atoms with E-state index in [9.17, 15) is 9.90 Å². The van der Waals surface area contributed by atoms with Gasteiger partial charge in [-0.2, -0.15) is 0 Å². The van der Waals surface area contributed by atoms with Crippen molar-refractivity contribution < 1.29 is 15.0 Å². The number of carboxylic acids is 1. The van der Waals surface area contributed by atoms with Crippen LogP contribution in [0, 0.1) is 0 Å². The third kappa shape index (κ3) is 3.83. The Morgan fingerprint density at radius 1 is 1.10 bits per heavy atom. The molecule has 2 rings (SSSR count). The van der Waals surface area contributed by atoms with Gasteiger partial charge in [-0.3, -0.25) is 4.79 Å². The number of carboxylic acid groups (broad SMARTS) is 1. The smallest absolute Gasteiger partial charge is 0.305 e. The monoisotopic (exact) mass is 290 g/mol. The summed E-state index contributed by atoms with van der Waals surface area (Å²) in [4.78, 5) is 10.5. The Morgan fingerprint density at radius 3 is 2.35 bits per heavy atom. The van der Waals surface area contributed by atoms with Crippen molar-refractivity contribution in [2.75, 3.05) is 0 Å². The molecule has 0 heterocycles. The lowest BCUT2D eigenvalue weighted by Crippen LogP contribution is -2.15. The molecule has 20 heavy (non-hydrogen) atoms. The topological polar surface area (TPSA) is 57.5 Å². The molecule has 0 unspecified atom stereocenters. The van der Waals surface area contributed by atoms with Crippen LogP contribution in [-0.4, -0.2) is 22.3 Å². The fraction of sp³-hybridized carbons (Fsp3) is 0.188. The van der Waals surface area contributed by atoms with Gasteiger partial charge >= 0.3 is 5.97 Å². The molecular formula is C16H15ClO3. The highest BCUT2D eigenvalue weighted by molar-refractivity contribution is 6.33. The van der Waals surface area contributed by atoms with Crippen molar-refractivity contribution in [3.8, 4) is 11.1 Å². The first kappa shape index (κ1) is 14.6. The number of rotatable bonds is 5. The molecule has 0 amide bonds. The highest BCUT2D eigenvalue weighted by Crippen LogP contribution is 2.27. The average molecular weight is 291 g/mol. The van der Waals surface area contributed by atoms with Gasteiger partial charge in [-0.1, -0.05) is 54.1 Å². The van der Waals surface area contributed by atoms with E-state index in [2.05, 4.69) is 0 Å². The number of aliphatic hydroxyl groups excluding tert-OH is 1. The third-order valence-corrected chi connectivity index (χ3v) is 3.35. The van der Waals surface area contributed by atoms with Crippen LogP contribution in [0.4, 0.5) is 0 Å². The van der Waals surface area contributed by atoms with Gasteiger partial charge in [0.1, 0.15) is 0 Å². The molecule has 104 valence electrons. The van der Waals surface area contributed by atoms with Gasteiger partial charge in [-0.25, -0.2) is 0 Å². The van der Waals surface area contributed by atoms with Crippen LogP contribution < -0.4 is 0 Å². The lowest BCUT2D eigenvalue weighted by molar-refractivity contribution is -0.139. The Hall–Kier alpha value is -1.84. The van der Waals surface area contributed by atoms with Gasteiger partial charge in [0, 0.05) is 10.6 Å². The lowest BCUT2D eigenvalue weighted by Gasteiger charge is -2.09. The average Bonchev–Trinajstić information content (AvgIpc) is 2.39. The van der Waals surface area contributed by atoms with Crippen molar-refractivity contribution >= 4 is 17.6 Å². The summed E-state index contributed by atoms with van der Waals surface area (Å²) in [5.41, 5.74) is 2.84. The summed E-state index contributed by atoms with van der Waals surface area (Å²) >= 11 is 6.13. The highest BCUT2D eigenvalue weighted by Gasteiger charge is 2.10. The lowest BCUT2D eigenvalue weighted by atomic mass is 10.0. The Balaban J connectivity index is 2.11. The van der Waals surface area contributed by atoms with Crippen LogP contribution in [0.25, 0.3) is 11.1 Å². The van der Waals surface area contributed by atoms with Crippen LogP contribution in [0.1, 0.15) is 12.0 Å². The molecule has 1 atom stereocenters. The van der Waals surface area contributed by atoms with Crippen molar-refractivity contribution in [3.05, 3.63) is 59.1 Å². The standard InChI is InChI=1S/C16H15ClO3/c17-15-4-2-1-3-14(15)12-7-5-11(6-8-12)9-13(18)10-16(19)20/h1-8,13,18H,9-10H2,(H,19,20)/t13-/m0/s1. The van der Waals surface area contributed by atoms with Gasteiger partial charge in [0.05, 0.1) is 12.5 Å². The maximum Gasteiger partial charge on any atom is 0.305 e. The van der Waals surface area contributed by atoms with Crippen molar-refractivity contribution in [2.24, 2.45) is 0 Å². The van der Waals surface area contributed by atoms with Crippen LogP contribution in [0.2, 0.25) is 5.02 Å². The minimum absolute atomic E-state index is 0.244. The largest absolute Gasteiger partial charge is 0.481 e. The quantitative estimate of drug-likeness (QED) is 0.887. The maximum absolute atomic E-state index is 10.5. The van der Waals surface area contributed by atoms with E-state index in [-0.39, 0.29) is 6.42 Å². The van der Waals surface area contributed by atoms with E-state index in [0.717, 1.165) is 16.7 Å². The van der Waals surface area contributed by atoms with E-state index >= 15 is 0 Å². The molecule has 0 aromatic heterocycles. The number of hydrogen-bond donors (Lipinski definition) is 2. The molecule has 0 spiro atoms. The predicted octanol–water partition coefficient (Wildman–Crippen LogP) is 3.39. The second-order valence-corrected chi connectivity index (χ2v) is 5.04. The first-order valence-electron chi connectivity index (χ1n) is 6.30. The summed E-state index contributed by atoms with van der Waals surface area (Å²) in [6.45, 7) is 0. The molecule has 0 bridgehead atoms. The number of halogens is 1. The number of benzene rings is 2. The van der Waals surface area contributed by atoms with E-state index in [4.69, 9.17) is 16.7 Å². The van der Waals surface area contributed by atoms with Crippen LogP contribution in [0.15, 0.2) is 48.5 Å². The van der Waals surface area contributed by atoms with Crippen molar-refractivity contribution in [1.82, 2.24) is 0 Å². The predicted molar refractivity (Wildman–Crippen MR) is 78.9 cm³/mol. The summed E-state index contributed by atoms with van der Waals surface area (Å²) in [5.74, 6) is -0.995. The first-order chi connectivity index (χ1) is 9.56. The van der Waals surface area contributed by atoms with E-state index in [1.54, 1.807) is 0 Å². The Kier molecular flexibility index (Phi) is 4.77. The SMILES string of the molecule is O=C(O)C[C@@H](O)Cc1ccc(-c2ccccc2Cl)cc1. The number of aliphatic carboxylic acids is 1. The molecule has 2 aromatic rings. The van der Waals surface area contributed by atoms with Gasteiger partial charge in [0.15, 0.2) is 0 Å². The zero-order valence-corrected chi connectivity index (χ0v) is 11.5. The molecule has 2 N–H and O–H groups in total. The Bertz CT molecular complexity index is 593. The van der Waals surface area contributed by atoms with Gasteiger partial charge in [0.2, 0.25) is 0 Å². The Labute approximate surface area is 122 Å². The molecule has 0 aliphatic heterocycles. The summed E-state index contributed by atoms with van der Waals surface area (Å²) in [5, 5.41) is 18.9. The fourth-order valence-corrected chi connectivity index (χ4v) is 2.31. The zero-order valence-electron chi connectivity index (χ0n) is 10.8. The van der Waals surface area contributed by atoms with Crippen molar-refractivity contribution in [1.29, 1.82) is 0 Å². The van der Waals surface area contributed by atoms with Crippen LogP contribution in [0.5, 0.6) is 0 Å². The maximum atomic E-state index is 10.5. The van der Waals surface area contributed by atoms with Gasteiger partial charge in [-0.15, -0.1) is 0 Å². The minimum atomic E-state index is -0.995. The van der Waals surface area contributed by atoms with E-state index in [0.29, 0.717) is 11.4 Å². The summed E-state index contributed by atoms with van der Waals surface area (Å²) < 4.78 is 0. The first-order valence-corrected chi connectivity index (χ1v) is 6.68. The zero-order chi connectivity index (χ0) is 14.5. The van der Waals surface area contributed by atoms with Crippen molar-refractivity contribution in [2.45, 2.75) is 18.9 Å². The summed E-state index contributed by atoms with van der Waals surface area (Å²) in [6, 6.07) is 15.2. The highest BCUT2D eigenvalue weighted by atomic mass is 35.5. The van der Waals surface area contributed by atoms with Gasteiger partial charge in [0.25, 0.3) is 0 Å². The van der Waals surface area contributed by atoms with Gasteiger partial charge in [-0.05, 0) is 23.6 Å². The number of aliphatic hydroxyl groups is 1. The fourth-order valence-electron chi connectivity index (χ4n) is 2.06. The molecule has 0 aliphatic rings. The molecule has 0 fully saturated rings. The van der Waals surface area contributed by atoms with Crippen LogP contribution >= 0.6 is 11.6 Å². The number of carbonyl (C=O) groups is 1. The van der Waals surface area contributed by atoms with Crippen molar-refractivity contribution in [3.63, 3.8) is 0 Å². The third-order valence-electron chi connectivity index (χ3n) is 3.02. The summed E-state index contributed by atoms with van der Waals surface area (Å²) in [7, 11) is 0. The molecule has 0 aliphatic carbocycles. The summed E-state index contributed by atoms with van der Waals surface area (Å²) in [6.07, 6.45) is -0.778. The molecule has 3 nitrogen and oxygen atoms in total. The molecule has 0 saturated heterocycles. The van der Waals surface area contributed by atoms with E-state index in [1.165, 1.54) is 0 Å². The van der Waals surface area contributed by atoms with Crippen LogP contribution in [-0.2, 0) is 11.2 Å². The Morgan fingerprint density at radius 2 is 1.75 bits per heavy atom. The van der Waals surface area contributed by atoms with Crippen LogP contribution in [0.3, 0.4) is 0 Å². The molecule has 0 saturated carbocycles. The second kappa shape index (κ2) is 6.55. The normalized spacial score (nSPS) is 12.1. The second-order valence-electron chi connectivity index (χ2n) is 4.63. The minimum Gasteiger partial charge on any atom is -0.481 e. The van der Waals surface area contributed by atoms with Gasteiger partial charge < -0.3 is 10.2 Å². The molecule has 2 aromatic carbocycles. The molecule has 4 heteroatoms. The van der Waals surface area contributed by atoms with E-state index < -0.39 is 12.1 Å². The molecule has 0 radical (unpaired) electrons. The molecular weight excluding hydrogens is 276 g/mol.